The molecule has 2 N–H and O–H groups in total. The van der Waals surface area contributed by atoms with Crippen LogP contribution in [0.2, 0.25) is 0 Å². The van der Waals surface area contributed by atoms with E-state index in [1.807, 2.05) is 0 Å². The standard InChI is InChI=1S/C28H27F3N2O5S/c29-28(30,31)23-10-5-4-9-22(23)19-13-15-21(16-14-19)39(37,38)33-24-11-6-3-8-20(24)18-25(33)27(36)32-17-7-1-2-12-26(34)35/h3-6,8-11,13-16,25H,1-2,7,12,17-18H2,(H,32,36)(H,34,35)/t25-/m0/s1. The molecule has 39 heavy (non-hydrogen) atoms. The number of carbonyl (C=O) groups is 2. The second kappa shape index (κ2) is 11.5. The lowest BCUT2D eigenvalue weighted by Crippen LogP contribution is -2.48. The molecular weight excluding hydrogens is 533 g/mol. The molecule has 0 bridgehead atoms. The summed E-state index contributed by atoms with van der Waals surface area (Å²) in [4.78, 5) is 23.6. The molecular formula is C28H27F3N2O5S. The van der Waals surface area contributed by atoms with Gasteiger partial charge in [-0.15, -0.1) is 0 Å². The summed E-state index contributed by atoms with van der Waals surface area (Å²) in [5.74, 6) is -1.37. The zero-order valence-corrected chi connectivity index (χ0v) is 21.6. The summed E-state index contributed by atoms with van der Waals surface area (Å²) in [7, 11) is -4.25. The SMILES string of the molecule is O=C(O)CCCCCNC(=O)[C@@H]1Cc2ccccc2N1S(=O)(=O)c1ccc(-c2ccccc2C(F)(F)F)cc1. The van der Waals surface area contributed by atoms with E-state index < -0.39 is 39.7 Å². The molecule has 0 aliphatic carbocycles. The van der Waals surface area contributed by atoms with Crippen LogP contribution in [-0.4, -0.2) is 38.0 Å². The van der Waals surface area contributed by atoms with Crippen LogP contribution in [0, 0.1) is 0 Å². The maximum atomic E-state index is 13.8. The normalized spacial score (nSPS) is 15.2. The molecule has 3 aromatic rings. The number of benzene rings is 3. The highest BCUT2D eigenvalue weighted by Gasteiger charge is 2.42. The van der Waals surface area contributed by atoms with E-state index in [0.29, 0.717) is 30.5 Å². The number of aliphatic carboxylic acids is 1. The smallest absolute Gasteiger partial charge is 0.417 e. The van der Waals surface area contributed by atoms with Gasteiger partial charge in [-0.1, -0.05) is 55.0 Å². The van der Waals surface area contributed by atoms with E-state index in [1.54, 1.807) is 24.3 Å². The summed E-state index contributed by atoms with van der Waals surface area (Å²) < 4.78 is 69.1. The monoisotopic (exact) mass is 560 g/mol. The third kappa shape index (κ3) is 6.25. The Balaban J connectivity index is 1.57. The number of nitrogens with zero attached hydrogens (tertiary/aromatic N) is 1. The highest BCUT2D eigenvalue weighted by atomic mass is 32.2. The molecule has 11 heteroatoms. The minimum atomic E-state index is -4.57. The molecule has 206 valence electrons. The van der Waals surface area contributed by atoms with Crippen LogP contribution >= 0.6 is 0 Å². The number of sulfonamides is 1. The predicted octanol–water partition coefficient (Wildman–Crippen LogP) is 5.25. The number of carboxylic acid groups (broad SMARTS) is 1. The Morgan fingerprint density at radius 2 is 1.59 bits per heavy atom. The van der Waals surface area contributed by atoms with Crippen LogP contribution in [0.4, 0.5) is 18.9 Å². The number of alkyl halides is 3. The lowest BCUT2D eigenvalue weighted by Gasteiger charge is -2.26. The van der Waals surface area contributed by atoms with E-state index in [2.05, 4.69) is 5.32 Å². The molecule has 0 saturated carbocycles. The zero-order valence-electron chi connectivity index (χ0n) is 20.8. The van der Waals surface area contributed by atoms with Gasteiger partial charge in [-0.2, -0.15) is 13.2 Å². The Hall–Kier alpha value is -3.86. The molecule has 1 amide bonds. The first-order valence-electron chi connectivity index (χ1n) is 12.4. The number of halogens is 3. The van der Waals surface area contributed by atoms with E-state index in [4.69, 9.17) is 5.11 Å². The Bertz CT molecular complexity index is 1460. The first-order chi connectivity index (χ1) is 18.5. The molecule has 1 atom stereocenters. The topological polar surface area (TPSA) is 104 Å². The van der Waals surface area contributed by atoms with Crippen molar-refractivity contribution >= 4 is 27.6 Å². The van der Waals surface area contributed by atoms with Crippen LogP contribution in [-0.2, 0) is 32.2 Å². The van der Waals surface area contributed by atoms with Crippen LogP contribution in [0.1, 0.15) is 36.8 Å². The molecule has 0 spiro atoms. The maximum Gasteiger partial charge on any atom is 0.417 e. The number of amides is 1. The predicted molar refractivity (Wildman–Crippen MR) is 140 cm³/mol. The number of carbonyl (C=O) groups excluding carboxylic acids is 1. The second-order valence-electron chi connectivity index (χ2n) is 9.21. The lowest BCUT2D eigenvalue weighted by atomic mass is 9.99. The van der Waals surface area contributed by atoms with Gasteiger partial charge in [0.1, 0.15) is 6.04 Å². The number of para-hydroxylation sites is 1. The number of fused-ring (bicyclic) bond motifs is 1. The van der Waals surface area contributed by atoms with Gasteiger partial charge in [0.2, 0.25) is 5.91 Å². The van der Waals surface area contributed by atoms with Crippen molar-refractivity contribution in [1.82, 2.24) is 5.32 Å². The van der Waals surface area contributed by atoms with Gasteiger partial charge in [-0.3, -0.25) is 13.9 Å². The average Bonchev–Trinajstić information content (AvgIpc) is 3.31. The maximum absolute atomic E-state index is 13.8. The number of nitrogens with one attached hydrogen (secondary N) is 1. The van der Waals surface area contributed by atoms with Gasteiger partial charge in [-0.25, -0.2) is 8.42 Å². The van der Waals surface area contributed by atoms with E-state index in [9.17, 15) is 31.2 Å². The summed E-state index contributed by atoms with van der Waals surface area (Å²) in [5, 5.41) is 11.5. The number of unbranched alkanes of at least 4 members (excludes halogenated alkanes) is 2. The number of hydrogen-bond acceptors (Lipinski definition) is 4. The summed E-state index contributed by atoms with van der Waals surface area (Å²) >= 11 is 0. The Labute approximate surface area is 224 Å². The van der Waals surface area contributed by atoms with E-state index in [-0.39, 0.29) is 35.4 Å². The lowest BCUT2D eigenvalue weighted by molar-refractivity contribution is -0.138. The fraction of sp³-hybridized carbons (Fsp3) is 0.286. The molecule has 0 saturated heterocycles. The number of carboxylic acids is 1. The minimum absolute atomic E-state index is 0.0402. The summed E-state index contributed by atoms with van der Waals surface area (Å²) in [6.07, 6.45) is -2.74. The largest absolute Gasteiger partial charge is 0.481 e. The van der Waals surface area contributed by atoms with Crippen molar-refractivity contribution in [2.75, 3.05) is 10.8 Å². The van der Waals surface area contributed by atoms with Crippen LogP contribution in [0.15, 0.2) is 77.7 Å². The van der Waals surface area contributed by atoms with Crippen LogP contribution in [0.3, 0.4) is 0 Å². The Morgan fingerprint density at radius 3 is 2.28 bits per heavy atom. The molecule has 3 aromatic carbocycles. The molecule has 1 aliphatic rings. The molecule has 0 radical (unpaired) electrons. The van der Waals surface area contributed by atoms with Crippen molar-refractivity contribution in [2.45, 2.75) is 49.2 Å². The van der Waals surface area contributed by atoms with Crippen molar-refractivity contribution in [3.8, 4) is 11.1 Å². The van der Waals surface area contributed by atoms with Crippen LogP contribution in [0.25, 0.3) is 11.1 Å². The Kier molecular flexibility index (Phi) is 8.29. The van der Waals surface area contributed by atoms with Gasteiger partial charge in [-0.05, 0) is 53.8 Å². The van der Waals surface area contributed by atoms with E-state index >= 15 is 0 Å². The van der Waals surface area contributed by atoms with Crippen molar-refractivity contribution in [2.24, 2.45) is 0 Å². The summed E-state index contributed by atoms with van der Waals surface area (Å²) in [6.45, 7) is 0.270. The van der Waals surface area contributed by atoms with E-state index in [0.717, 1.165) is 10.4 Å². The van der Waals surface area contributed by atoms with Crippen molar-refractivity contribution in [3.05, 3.63) is 83.9 Å². The third-order valence-corrected chi connectivity index (χ3v) is 8.39. The molecule has 1 aliphatic heterocycles. The highest BCUT2D eigenvalue weighted by Crippen LogP contribution is 2.39. The quantitative estimate of drug-likeness (QED) is 0.330. The van der Waals surface area contributed by atoms with Crippen LogP contribution in [0.5, 0.6) is 0 Å². The van der Waals surface area contributed by atoms with Gasteiger partial charge >= 0.3 is 12.1 Å². The van der Waals surface area contributed by atoms with Crippen LogP contribution < -0.4 is 9.62 Å². The number of rotatable bonds is 10. The summed E-state index contributed by atoms with van der Waals surface area (Å²) in [6, 6.07) is 15.9. The minimum Gasteiger partial charge on any atom is -0.481 e. The summed E-state index contributed by atoms with van der Waals surface area (Å²) in [5.41, 5.74) is 0.361. The van der Waals surface area contributed by atoms with Crippen molar-refractivity contribution in [1.29, 1.82) is 0 Å². The number of hydrogen-bond donors (Lipinski definition) is 2. The first-order valence-corrected chi connectivity index (χ1v) is 13.8. The van der Waals surface area contributed by atoms with Gasteiger partial charge < -0.3 is 10.4 Å². The molecule has 1 heterocycles. The molecule has 4 rings (SSSR count). The zero-order chi connectivity index (χ0) is 28.2. The third-order valence-electron chi connectivity index (χ3n) is 6.55. The first kappa shape index (κ1) is 28.2. The number of anilines is 1. The fourth-order valence-electron chi connectivity index (χ4n) is 4.66. The molecule has 0 fully saturated rings. The molecule has 0 aromatic heterocycles. The highest BCUT2D eigenvalue weighted by molar-refractivity contribution is 7.93. The van der Waals surface area contributed by atoms with Gasteiger partial charge in [0, 0.05) is 19.4 Å². The van der Waals surface area contributed by atoms with Crippen molar-refractivity contribution < 1.29 is 36.3 Å². The Morgan fingerprint density at radius 1 is 0.923 bits per heavy atom. The molecule has 7 nitrogen and oxygen atoms in total. The van der Waals surface area contributed by atoms with Gasteiger partial charge in [0.25, 0.3) is 10.0 Å². The van der Waals surface area contributed by atoms with Gasteiger partial charge in [0.15, 0.2) is 0 Å². The van der Waals surface area contributed by atoms with Crippen molar-refractivity contribution in [3.63, 3.8) is 0 Å². The molecule has 0 unspecified atom stereocenters. The fourth-order valence-corrected chi connectivity index (χ4v) is 6.31. The van der Waals surface area contributed by atoms with Gasteiger partial charge in [0.05, 0.1) is 16.1 Å². The van der Waals surface area contributed by atoms with E-state index in [1.165, 1.54) is 42.5 Å². The second-order valence-corrected chi connectivity index (χ2v) is 11.0. The average molecular weight is 561 g/mol.